The van der Waals surface area contributed by atoms with Crippen LogP contribution in [0.2, 0.25) is 0 Å². The van der Waals surface area contributed by atoms with E-state index < -0.39 is 0 Å². The smallest absolute Gasteiger partial charge is 0.125 e. The van der Waals surface area contributed by atoms with Gasteiger partial charge in [-0.1, -0.05) is 54.6 Å². The van der Waals surface area contributed by atoms with Crippen molar-refractivity contribution in [3.05, 3.63) is 71.9 Å². The van der Waals surface area contributed by atoms with E-state index in [1.165, 1.54) is 0 Å². The minimum Gasteiger partial charge on any atom is -0.373 e. The van der Waals surface area contributed by atoms with Crippen molar-refractivity contribution in [1.82, 2.24) is 4.98 Å². The average molecular weight is 237 g/mol. The molecule has 2 nitrogen and oxygen atoms in total. The van der Waals surface area contributed by atoms with E-state index in [4.69, 9.17) is 1.37 Å². The molecule has 18 heavy (non-hydrogen) atoms. The Morgan fingerprint density at radius 1 is 1.06 bits per heavy atom. The van der Waals surface area contributed by atoms with Gasteiger partial charge in [0, 0.05) is 13.2 Å². The molecule has 2 aromatic rings. The molecule has 0 saturated heterocycles. The van der Waals surface area contributed by atoms with E-state index in [-0.39, 0.29) is 0 Å². The molecule has 2 rings (SSSR count). The molecule has 2 heteroatoms. The van der Waals surface area contributed by atoms with Crippen LogP contribution in [-0.4, -0.2) is 12.0 Å². The van der Waals surface area contributed by atoms with Crippen LogP contribution < -0.4 is 5.32 Å². The summed E-state index contributed by atoms with van der Waals surface area (Å²) in [6.07, 6.45) is 9.60. The summed E-state index contributed by atoms with van der Waals surface area (Å²) in [7, 11) is 1.85. The lowest BCUT2D eigenvalue weighted by atomic mass is 10.2. The maximum absolute atomic E-state index is 7.72. The van der Waals surface area contributed by atoms with Gasteiger partial charge in [0.15, 0.2) is 0 Å². The fourth-order valence-corrected chi connectivity index (χ4v) is 1.49. The van der Waals surface area contributed by atoms with Crippen LogP contribution in [0.1, 0.15) is 12.5 Å². The number of rotatable bonds is 4. The van der Waals surface area contributed by atoms with Gasteiger partial charge < -0.3 is 5.32 Å². The molecule has 0 aliphatic carbocycles. The number of aromatic nitrogens is 1. The second-order valence-electron chi connectivity index (χ2n) is 3.76. The van der Waals surface area contributed by atoms with Crippen molar-refractivity contribution in [2.24, 2.45) is 0 Å². The zero-order valence-corrected chi connectivity index (χ0v) is 10.3. The summed E-state index contributed by atoms with van der Waals surface area (Å²) in [6.45, 7) is 0. The highest BCUT2D eigenvalue weighted by Crippen LogP contribution is 2.06. The molecule has 1 aromatic heterocycles. The summed E-state index contributed by atoms with van der Waals surface area (Å²) in [5.41, 5.74) is 1.96. The van der Waals surface area contributed by atoms with Gasteiger partial charge in [0.25, 0.3) is 0 Å². The molecule has 0 unspecified atom stereocenters. The summed E-state index contributed by atoms with van der Waals surface area (Å²) in [5.74, 6) is 0.857. The zero-order chi connectivity index (χ0) is 13.5. The lowest BCUT2D eigenvalue weighted by Gasteiger charge is -1.97. The monoisotopic (exact) mass is 237 g/mol. The third-order valence-corrected chi connectivity index (χ3v) is 2.45. The molecule has 0 saturated carbocycles. The Morgan fingerprint density at radius 2 is 1.89 bits per heavy atom. The largest absolute Gasteiger partial charge is 0.373 e. The predicted molar refractivity (Wildman–Crippen MR) is 78.3 cm³/mol. The van der Waals surface area contributed by atoms with E-state index in [1.54, 1.807) is 6.07 Å². The molecule has 0 aliphatic rings. The third kappa shape index (κ3) is 3.59. The lowest BCUT2D eigenvalue weighted by Crippen LogP contribution is -1.90. The molecule has 0 radical (unpaired) electrons. The fraction of sp³-hybridized carbons (Fsp3) is 0.0625. The fourth-order valence-electron chi connectivity index (χ4n) is 1.49. The van der Waals surface area contributed by atoms with Crippen molar-refractivity contribution in [1.29, 1.82) is 0 Å². The molecule has 90 valence electrons. The van der Waals surface area contributed by atoms with Crippen LogP contribution in [0.5, 0.6) is 0 Å². The summed E-state index contributed by atoms with van der Waals surface area (Å²) in [6, 6.07) is 12.0. The van der Waals surface area contributed by atoms with E-state index in [0.29, 0.717) is 6.04 Å². The minimum absolute atomic E-state index is 0.534. The summed E-state index contributed by atoms with van der Waals surface area (Å²) in [4.78, 5) is 4.23. The lowest BCUT2D eigenvalue weighted by molar-refractivity contribution is 1.28. The van der Waals surface area contributed by atoms with Gasteiger partial charge in [-0.3, -0.25) is 0 Å². The van der Waals surface area contributed by atoms with Crippen molar-refractivity contribution in [2.75, 3.05) is 12.4 Å². The Hall–Kier alpha value is -2.35. The highest BCUT2D eigenvalue weighted by molar-refractivity contribution is 5.57. The molecular weight excluding hydrogens is 220 g/mol. The normalized spacial score (nSPS) is 11.9. The number of nitrogens with one attached hydrogen (secondary N) is 1. The van der Waals surface area contributed by atoms with Crippen molar-refractivity contribution < 1.29 is 1.37 Å². The Balaban J connectivity index is 2.01. The van der Waals surface area contributed by atoms with Gasteiger partial charge in [-0.15, -0.1) is 0 Å². The highest BCUT2D eigenvalue weighted by atomic mass is 14.9. The number of hydrogen-bond donors (Lipinski definition) is 1. The van der Waals surface area contributed by atoms with Gasteiger partial charge in [-0.25, -0.2) is 4.98 Å². The van der Waals surface area contributed by atoms with Crippen molar-refractivity contribution >= 4 is 18.0 Å². The molecule has 0 fully saturated rings. The van der Waals surface area contributed by atoms with Crippen molar-refractivity contribution in [2.45, 2.75) is 0 Å². The Morgan fingerprint density at radius 3 is 2.56 bits per heavy atom. The second-order valence-corrected chi connectivity index (χ2v) is 3.76. The van der Waals surface area contributed by atoms with Crippen LogP contribution >= 0.6 is 0 Å². The van der Waals surface area contributed by atoms with Gasteiger partial charge >= 0.3 is 0 Å². The summed E-state index contributed by atoms with van der Waals surface area (Å²) >= 11 is 0. The minimum atomic E-state index is 0.534. The molecule has 1 N–H and O–H groups in total. The molecule has 0 aliphatic heterocycles. The van der Waals surface area contributed by atoms with Crippen LogP contribution in [0, 0.1) is 0 Å². The Labute approximate surface area is 109 Å². The van der Waals surface area contributed by atoms with Crippen LogP contribution in [0.15, 0.2) is 60.8 Å². The van der Waals surface area contributed by atoms with E-state index in [9.17, 15) is 0 Å². The van der Waals surface area contributed by atoms with Crippen LogP contribution in [0.4, 0.5) is 5.82 Å². The van der Waals surface area contributed by atoms with Crippen LogP contribution in [0.3, 0.4) is 0 Å². The Kier molecular flexibility index (Phi) is 3.83. The highest BCUT2D eigenvalue weighted by Gasteiger charge is 1.88. The van der Waals surface area contributed by atoms with Gasteiger partial charge in [-0.2, -0.15) is 0 Å². The number of allylic oxidation sites excluding steroid dienone is 2. The second kappa shape index (κ2) is 6.40. The molecule has 1 heterocycles. The maximum Gasteiger partial charge on any atom is 0.125 e. The Bertz CT molecular complexity index is 586. The topological polar surface area (TPSA) is 24.9 Å². The SMILES string of the molecule is [2H]c1ccccc1C=CC=Cc1ccc(NC)nc1. The van der Waals surface area contributed by atoms with Gasteiger partial charge in [0.1, 0.15) is 5.82 Å². The van der Waals surface area contributed by atoms with Crippen molar-refractivity contribution in [3.63, 3.8) is 0 Å². The molecule has 0 spiro atoms. The van der Waals surface area contributed by atoms with Crippen LogP contribution in [-0.2, 0) is 0 Å². The molecule has 0 bridgehead atoms. The van der Waals surface area contributed by atoms with E-state index >= 15 is 0 Å². The van der Waals surface area contributed by atoms with Crippen molar-refractivity contribution in [3.8, 4) is 0 Å². The number of nitrogens with zero attached hydrogens (tertiary/aromatic N) is 1. The molecule has 0 atom stereocenters. The first-order valence-electron chi connectivity index (χ1n) is 6.34. The first kappa shape index (κ1) is 10.8. The quantitative estimate of drug-likeness (QED) is 0.817. The maximum atomic E-state index is 7.72. The standard InChI is InChI=1S/C16H16N2/c1-17-16-12-11-15(13-18-16)10-6-5-9-14-7-3-2-4-8-14/h2-13H,1H3,(H,17,18)/i7D. The van der Waals surface area contributed by atoms with Gasteiger partial charge in [0.05, 0.1) is 1.37 Å². The number of anilines is 1. The number of hydrogen-bond acceptors (Lipinski definition) is 2. The van der Waals surface area contributed by atoms with Gasteiger partial charge in [0.2, 0.25) is 0 Å². The van der Waals surface area contributed by atoms with E-state index in [0.717, 1.165) is 16.9 Å². The average Bonchev–Trinajstić information content (AvgIpc) is 2.46. The molecular formula is C16H16N2. The number of benzene rings is 1. The molecule has 1 aromatic carbocycles. The first-order chi connectivity index (χ1) is 9.29. The van der Waals surface area contributed by atoms with E-state index in [2.05, 4.69) is 10.3 Å². The third-order valence-electron chi connectivity index (χ3n) is 2.45. The zero-order valence-electron chi connectivity index (χ0n) is 11.3. The van der Waals surface area contributed by atoms with Gasteiger partial charge in [-0.05, 0) is 23.3 Å². The molecule has 0 amide bonds. The van der Waals surface area contributed by atoms with E-state index in [1.807, 2.05) is 67.9 Å². The summed E-state index contributed by atoms with van der Waals surface area (Å²) in [5, 5.41) is 2.98. The summed E-state index contributed by atoms with van der Waals surface area (Å²) < 4.78 is 7.72. The predicted octanol–water partition coefficient (Wildman–Crippen LogP) is 3.85. The number of pyridine rings is 1. The van der Waals surface area contributed by atoms with Crippen LogP contribution in [0.25, 0.3) is 12.2 Å². The first-order valence-corrected chi connectivity index (χ1v) is 5.84.